The Labute approximate surface area is 261 Å². The molecule has 3 aromatic rings. The van der Waals surface area contributed by atoms with E-state index in [4.69, 9.17) is 14.5 Å². The normalized spacial score (nSPS) is 20.9. The van der Waals surface area contributed by atoms with Crippen LogP contribution in [0.1, 0.15) is 56.3 Å². The third-order valence-corrected chi connectivity index (χ3v) is 11.0. The summed E-state index contributed by atoms with van der Waals surface area (Å²) in [5.74, 6) is 0.993. The lowest BCUT2D eigenvalue weighted by molar-refractivity contribution is -0.141. The minimum Gasteiger partial charge on any atom is -0.361 e. The largest absolute Gasteiger partial charge is 0.433 e. The zero-order valence-corrected chi connectivity index (χ0v) is 27.6. The van der Waals surface area contributed by atoms with Crippen molar-refractivity contribution in [2.45, 2.75) is 90.3 Å². The number of aromatic nitrogens is 6. The van der Waals surface area contributed by atoms with Gasteiger partial charge in [-0.25, -0.2) is 14.6 Å². The van der Waals surface area contributed by atoms with Gasteiger partial charge in [0, 0.05) is 53.5 Å². The van der Waals surface area contributed by atoms with Crippen LogP contribution in [0.5, 0.6) is 0 Å². The summed E-state index contributed by atoms with van der Waals surface area (Å²) < 4.78 is 55.7. The molecule has 11 nitrogen and oxygen atoms in total. The molecule has 3 aliphatic rings. The molecular weight excluding hydrogens is 605 g/mol. The average Bonchev–Trinajstić information content (AvgIpc) is 3.61. The van der Waals surface area contributed by atoms with Crippen molar-refractivity contribution in [3.8, 4) is 0 Å². The Morgan fingerprint density at radius 3 is 2.47 bits per heavy atom. The molecule has 15 heteroatoms. The Bertz CT molecular complexity index is 1570. The highest BCUT2D eigenvalue weighted by Crippen LogP contribution is 2.43. The number of anilines is 2. The van der Waals surface area contributed by atoms with Crippen molar-refractivity contribution >= 4 is 30.9 Å². The molecule has 1 unspecified atom stereocenters. The Kier molecular flexibility index (Phi) is 8.71. The standard InChI is InChI=1S/C30H43F3N8O3Si/c1-21-35-23(30(31,32)33)17-24(36-21)39-13-10-29(19-39)8-11-38(12-9-29)28-37-26-22(18-34-41(26)25-7-5-6-14-44-25)27(42)40(28)20-43-15-16-45(2,3)4/h17-18,25H,5-16,19-20H2,1-4H3. The molecule has 6 rings (SSSR count). The maximum Gasteiger partial charge on any atom is 0.433 e. The third kappa shape index (κ3) is 6.89. The predicted molar refractivity (Wildman–Crippen MR) is 167 cm³/mol. The zero-order valence-electron chi connectivity index (χ0n) is 26.6. The van der Waals surface area contributed by atoms with E-state index in [0.717, 1.165) is 50.6 Å². The second-order valence-corrected chi connectivity index (χ2v) is 19.6. The fourth-order valence-electron chi connectivity index (χ4n) is 6.61. The van der Waals surface area contributed by atoms with Crippen LogP contribution in [0.25, 0.3) is 11.0 Å². The van der Waals surface area contributed by atoms with Crippen LogP contribution >= 0.6 is 0 Å². The molecule has 3 aliphatic heterocycles. The Balaban J connectivity index is 1.23. The minimum atomic E-state index is -4.52. The average molecular weight is 649 g/mol. The number of piperidine rings is 1. The van der Waals surface area contributed by atoms with Crippen LogP contribution in [-0.2, 0) is 22.4 Å². The van der Waals surface area contributed by atoms with Crippen LogP contribution in [0.15, 0.2) is 17.1 Å². The van der Waals surface area contributed by atoms with Gasteiger partial charge in [-0.15, -0.1) is 0 Å². The van der Waals surface area contributed by atoms with E-state index in [-0.39, 0.29) is 29.8 Å². The van der Waals surface area contributed by atoms with Crippen molar-refractivity contribution < 1.29 is 22.6 Å². The topological polar surface area (TPSA) is 103 Å². The molecule has 3 fully saturated rings. The maximum atomic E-state index is 13.9. The van der Waals surface area contributed by atoms with E-state index in [2.05, 4.69) is 39.6 Å². The maximum absolute atomic E-state index is 13.9. The number of ether oxygens (including phenoxy) is 2. The van der Waals surface area contributed by atoms with Gasteiger partial charge < -0.3 is 19.3 Å². The first-order chi connectivity index (χ1) is 21.3. The van der Waals surface area contributed by atoms with Gasteiger partial charge in [-0.1, -0.05) is 19.6 Å². The van der Waals surface area contributed by atoms with E-state index in [1.165, 1.54) is 6.92 Å². The van der Waals surface area contributed by atoms with Gasteiger partial charge in [0.15, 0.2) is 11.9 Å². The smallest absolute Gasteiger partial charge is 0.361 e. The molecule has 0 aromatic carbocycles. The minimum absolute atomic E-state index is 0.0610. The van der Waals surface area contributed by atoms with Gasteiger partial charge in [0.25, 0.3) is 5.56 Å². The Morgan fingerprint density at radius 1 is 1.07 bits per heavy atom. The quantitative estimate of drug-likeness (QED) is 0.240. The second kappa shape index (κ2) is 12.3. The number of hydrogen-bond donors (Lipinski definition) is 0. The summed E-state index contributed by atoms with van der Waals surface area (Å²) in [5.41, 5.74) is -0.636. The summed E-state index contributed by atoms with van der Waals surface area (Å²) in [6.45, 7) is 12.3. The molecule has 0 amide bonds. The molecule has 1 spiro atoms. The van der Waals surface area contributed by atoms with Crippen molar-refractivity contribution in [1.29, 1.82) is 0 Å². The summed E-state index contributed by atoms with van der Waals surface area (Å²) in [5, 5.41) is 4.98. The summed E-state index contributed by atoms with van der Waals surface area (Å²) in [7, 11) is -1.31. The molecule has 0 aliphatic carbocycles. The molecule has 246 valence electrons. The molecule has 0 bridgehead atoms. The van der Waals surface area contributed by atoms with Crippen LogP contribution in [0, 0.1) is 12.3 Å². The third-order valence-electron chi connectivity index (χ3n) is 9.32. The fraction of sp³-hybridized carbons (Fsp3) is 0.700. The van der Waals surface area contributed by atoms with E-state index in [1.54, 1.807) is 15.4 Å². The highest BCUT2D eigenvalue weighted by molar-refractivity contribution is 6.76. The summed E-state index contributed by atoms with van der Waals surface area (Å²) in [4.78, 5) is 31.0. The molecule has 0 radical (unpaired) electrons. The van der Waals surface area contributed by atoms with Gasteiger partial charge in [-0.2, -0.15) is 23.3 Å². The van der Waals surface area contributed by atoms with Crippen molar-refractivity contribution in [2.24, 2.45) is 5.41 Å². The predicted octanol–water partition coefficient (Wildman–Crippen LogP) is 5.22. The van der Waals surface area contributed by atoms with E-state index < -0.39 is 19.9 Å². The number of nitrogens with zero attached hydrogens (tertiary/aromatic N) is 8. The molecule has 3 aromatic heterocycles. The molecule has 45 heavy (non-hydrogen) atoms. The van der Waals surface area contributed by atoms with Crippen LogP contribution in [-0.4, -0.2) is 76.8 Å². The van der Waals surface area contributed by atoms with Crippen molar-refractivity contribution in [1.82, 2.24) is 29.3 Å². The van der Waals surface area contributed by atoms with Gasteiger partial charge >= 0.3 is 6.18 Å². The monoisotopic (exact) mass is 648 g/mol. The van der Waals surface area contributed by atoms with Crippen LogP contribution in [0.3, 0.4) is 0 Å². The lowest BCUT2D eigenvalue weighted by Gasteiger charge is -2.40. The summed E-state index contributed by atoms with van der Waals surface area (Å²) in [6.07, 6.45) is 2.14. The highest BCUT2D eigenvalue weighted by atomic mass is 28.3. The number of aryl methyl sites for hydroxylation is 1. The first kappa shape index (κ1) is 31.9. The van der Waals surface area contributed by atoms with Crippen molar-refractivity contribution in [3.05, 3.63) is 34.1 Å². The summed E-state index contributed by atoms with van der Waals surface area (Å²) in [6, 6.07) is 2.04. The molecule has 0 saturated carbocycles. The SMILES string of the molecule is Cc1nc(N2CCC3(CCN(c4nc5c(cnn5C5CCCCO5)c(=O)n4COCC[Si](C)(C)C)CC3)C2)cc(C(F)(F)F)n1. The van der Waals surface area contributed by atoms with Gasteiger partial charge in [-0.05, 0) is 56.9 Å². The summed E-state index contributed by atoms with van der Waals surface area (Å²) >= 11 is 0. The lowest BCUT2D eigenvalue weighted by Crippen LogP contribution is -2.44. The number of rotatable bonds is 8. The van der Waals surface area contributed by atoms with Gasteiger partial charge in [0.2, 0.25) is 5.95 Å². The second-order valence-electron chi connectivity index (χ2n) is 14.0. The molecule has 0 N–H and O–H groups in total. The fourth-order valence-corrected chi connectivity index (χ4v) is 7.36. The van der Waals surface area contributed by atoms with Crippen LogP contribution in [0.4, 0.5) is 24.9 Å². The van der Waals surface area contributed by atoms with E-state index in [9.17, 15) is 18.0 Å². The first-order valence-electron chi connectivity index (χ1n) is 15.9. The first-order valence-corrected chi connectivity index (χ1v) is 19.6. The van der Waals surface area contributed by atoms with Crippen LogP contribution in [0.2, 0.25) is 25.7 Å². The molecule has 6 heterocycles. The van der Waals surface area contributed by atoms with Gasteiger partial charge in [0.05, 0.1) is 6.20 Å². The number of alkyl halides is 3. The number of fused-ring (bicyclic) bond motifs is 1. The van der Waals surface area contributed by atoms with Crippen LogP contribution < -0.4 is 15.4 Å². The highest BCUT2D eigenvalue weighted by Gasteiger charge is 2.43. The lowest BCUT2D eigenvalue weighted by atomic mass is 9.78. The van der Waals surface area contributed by atoms with E-state index >= 15 is 0 Å². The number of hydrogen-bond acceptors (Lipinski definition) is 9. The Morgan fingerprint density at radius 2 is 1.80 bits per heavy atom. The number of halogens is 3. The van der Waals surface area contributed by atoms with Gasteiger partial charge in [0.1, 0.15) is 29.5 Å². The molecular formula is C30H43F3N8O3Si. The Hall–Kier alpha value is -3.04. The van der Waals surface area contributed by atoms with E-state index in [1.807, 2.05) is 4.90 Å². The van der Waals surface area contributed by atoms with Crippen molar-refractivity contribution in [2.75, 3.05) is 49.2 Å². The molecule has 3 saturated heterocycles. The van der Waals surface area contributed by atoms with E-state index in [0.29, 0.717) is 62.2 Å². The van der Waals surface area contributed by atoms with Gasteiger partial charge in [-0.3, -0.25) is 9.36 Å². The van der Waals surface area contributed by atoms with Crippen molar-refractivity contribution in [3.63, 3.8) is 0 Å². The zero-order chi connectivity index (χ0) is 32.0. The molecule has 1 atom stereocenters.